The van der Waals surface area contributed by atoms with Gasteiger partial charge in [0.2, 0.25) is 6.20 Å². The summed E-state index contributed by atoms with van der Waals surface area (Å²) in [5.74, 6) is 2.38. The van der Waals surface area contributed by atoms with Gasteiger partial charge in [0.05, 0.1) is 0 Å². The van der Waals surface area contributed by atoms with Gasteiger partial charge in [-0.1, -0.05) is 99.9 Å². The first-order valence-corrected chi connectivity index (χ1v) is 18.1. The van der Waals surface area contributed by atoms with Crippen LogP contribution < -0.4 is 9.47 Å². The van der Waals surface area contributed by atoms with E-state index >= 15 is 0 Å². The normalized spacial score (nSPS) is 11.1. The van der Waals surface area contributed by atoms with Gasteiger partial charge in [0, 0.05) is 46.5 Å². The van der Waals surface area contributed by atoms with Crippen molar-refractivity contribution in [1.82, 2.24) is 9.55 Å². The minimum atomic E-state index is 0. The molecule has 0 fully saturated rings. The summed E-state index contributed by atoms with van der Waals surface area (Å²) in [7, 11) is 1.92. The van der Waals surface area contributed by atoms with Crippen molar-refractivity contribution < 1.29 is 60.8 Å². The molecule has 0 radical (unpaired) electrons. The second-order valence-electron chi connectivity index (χ2n) is 12.8. The van der Waals surface area contributed by atoms with Gasteiger partial charge in [-0.25, -0.2) is 24.2 Å². The Balaban J connectivity index is 0.000000235. The maximum Gasteiger partial charge on any atom is 4.00 e. The zero-order chi connectivity index (χ0) is 38.8. The fourth-order valence-electron chi connectivity index (χ4n) is 6.08. The smallest absolute Gasteiger partial charge is 0.669 e. The van der Waals surface area contributed by atoms with Crippen molar-refractivity contribution in [3.05, 3.63) is 213 Å². The van der Waals surface area contributed by atoms with Gasteiger partial charge in [-0.05, 0) is 11.1 Å². The van der Waals surface area contributed by atoms with Crippen LogP contribution in [0.25, 0.3) is 44.6 Å². The number of hydrogen-bond donors (Lipinski definition) is 0. The molecule has 8 heteroatoms. The van der Waals surface area contributed by atoms with Gasteiger partial charge in [0.25, 0.3) is 6.20 Å². The molecular weight excluding hydrogens is 1090 g/mol. The molecule has 3 heterocycles. The number of hydrogen-bond acceptors (Lipinski definition) is 3. The van der Waals surface area contributed by atoms with Crippen LogP contribution in [0.15, 0.2) is 177 Å². The average Bonchev–Trinajstić information content (AvgIpc) is 3.92. The second kappa shape index (κ2) is 20.2. The SMILES string of the molecule is C[N+]1=C=[N+](c2[c-]c(Oc3[c-]c(-c4cc(-c5[c-]c(Oc6[c-]cccc6)ccc5)[c-]cn4)ccc3)ccc2)C=C1.[C-]#Cn1cc(-c2ccccc2)c(-c2ccccc2)c1.[Pt+2].[Pt+4]. The molecule has 2 aromatic heterocycles. The third-order valence-electron chi connectivity index (χ3n) is 8.77. The van der Waals surface area contributed by atoms with Crippen LogP contribution in [0.3, 0.4) is 0 Å². The molecule has 0 aliphatic carbocycles. The van der Waals surface area contributed by atoms with Crippen molar-refractivity contribution in [2.45, 2.75) is 0 Å². The van der Waals surface area contributed by atoms with E-state index in [1.807, 2.05) is 162 Å². The summed E-state index contributed by atoms with van der Waals surface area (Å²) in [5, 5.41) is 0. The van der Waals surface area contributed by atoms with E-state index in [9.17, 15) is 0 Å². The molecule has 1 aliphatic rings. The molecule has 1 aliphatic heterocycles. The molecule has 0 saturated carbocycles. The number of aromatic nitrogens is 2. The molecule has 0 N–H and O–H groups in total. The van der Waals surface area contributed by atoms with E-state index in [0.29, 0.717) is 23.0 Å². The van der Waals surface area contributed by atoms with E-state index in [0.717, 1.165) is 50.3 Å². The van der Waals surface area contributed by atoms with Crippen LogP contribution >= 0.6 is 0 Å². The summed E-state index contributed by atoms with van der Waals surface area (Å²) >= 11 is 0. The van der Waals surface area contributed by atoms with E-state index in [2.05, 4.69) is 71.6 Å². The Morgan fingerprint density at radius 1 is 0.627 bits per heavy atom. The Labute approximate surface area is 373 Å². The summed E-state index contributed by atoms with van der Waals surface area (Å²) < 4.78 is 17.3. The largest absolute Gasteiger partial charge is 4.00 e. The first-order valence-electron chi connectivity index (χ1n) is 18.1. The maximum absolute atomic E-state index is 7.29. The van der Waals surface area contributed by atoms with Crippen LogP contribution in [0.2, 0.25) is 0 Å². The molecule has 6 aromatic carbocycles. The number of ether oxygens (including phenoxy) is 2. The van der Waals surface area contributed by atoms with Gasteiger partial charge in [-0.3, -0.25) is 11.1 Å². The van der Waals surface area contributed by atoms with Crippen LogP contribution in [0.1, 0.15) is 0 Å². The van der Waals surface area contributed by atoms with Gasteiger partial charge in [0.1, 0.15) is 5.69 Å². The number of rotatable bonds is 9. The Hall–Kier alpha value is -6.59. The zero-order valence-corrected chi connectivity index (χ0v) is 36.0. The van der Waals surface area contributed by atoms with Crippen molar-refractivity contribution in [3.63, 3.8) is 0 Å². The fraction of sp³-hybridized carbons (Fsp3) is 0.0196. The Morgan fingerprint density at radius 2 is 1.20 bits per heavy atom. The maximum atomic E-state index is 7.29. The Kier molecular flexibility index (Phi) is 14.4. The predicted octanol–water partition coefficient (Wildman–Crippen LogP) is 11.2. The van der Waals surface area contributed by atoms with Gasteiger partial charge >= 0.3 is 48.1 Å². The summed E-state index contributed by atoms with van der Waals surface area (Å²) in [5.41, 5.74) is 8.59. The second-order valence-corrected chi connectivity index (χ2v) is 12.8. The molecule has 0 saturated heterocycles. The molecule has 0 amide bonds. The van der Waals surface area contributed by atoms with Crippen LogP contribution in [0.4, 0.5) is 5.69 Å². The number of nitrogens with zero attached hydrogens (tertiary/aromatic N) is 4. The third kappa shape index (κ3) is 10.7. The Bertz CT molecular complexity index is 2750. The van der Waals surface area contributed by atoms with Crippen LogP contribution in [-0.2, 0) is 42.1 Å². The van der Waals surface area contributed by atoms with Gasteiger partial charge in [-0.2, -0.15) is 36.4 Å². The average molecular weight is 1120 g/mol. The molecule has 6 nitrogen and oxygen atoms in total. The summed E-state index contributed by atoms with van der Waals surface area (Å²) in [6.07, 6.45) is 16.6. The zero-order valence-electron chi connectivity index (χ0n) is 31.5. The molecular formula is C51H32N4O2Pt2+2. The summed E-state index contributed by atoms with van der Waals surface area (Å²) in [4.78, 5) is 4.52. The van der Waals surface area contributed by atoms with Crippen LogP contribution in [0.5, 0.6) is 23.0 Å². The Morgan fingerprint density at radius 3 is 1.81 bits per heavy atom. The topological polar surface area (TPSA) is 42.3 Å². The minimum absolute atomic E-state index is 0. The number of para-hydroxylation sites is 1. The third-order valence-corrected chi connectivity index (χ3v) is 8.77. The first-order chi connectivity index (χ1) is 28.1. The van der Waals surface area contributed by atoms with E-state index in [-0.39, 0.29) is 42.1 Å². The molecule has 0 bridgehead atoms. The van der Waals surface area contributed by atoms with Gasteiger partial charge < -0.3 is 25.4 Å². The van der Waals surface area contributed by atoms with E-state index in [1.165, 1.54) is 0 Å². The molecule has 0 atom stereocenters. The molecule has 8 aromatic rings. The molecule has 286 valence electrons. The van der Waals surface area contributed by atoms with Crippen molar-refractivity contribution in [1.29, 1.82) is 0 Å². The van der Waals surface area contributed by atoms with Crippen LogP contribution in [0, 0.1) is 42.8 Å². The standard InChI is InChI=1S/C33H20N3O2.C18H12N.2Pt/c1-35-18-19-36(24-35)28-10-7-15-32(23-28)38-31-14-6-9-27(21-31)33-22-26(16-17-34-33)25-8-5-13-30(20-25)37-29-11-3-2-4-12-29;1-2-19-13-17(15-9-5-3-6-10-15)18(14-19)16-11-7-4-8-12-16;;/h2-11,13-15,17-19,22H,1H3;3-14H;;/q-3;-1;+2;+4. The number of pyridine rings is 1. The molecule has 0 unspecified atom stereocenters. The summed E-state index contributed by atoms with van der Waals surface area (Å²) in [6.45, 7) is 0. The van der Waals surface area contributed by atoms with E-state index in [4.69, 9.17) is 15.9 Å². The number of benzene rings is 6. The van der Waals surface area contributed by atoms with Crippen molar-refractivity contribution in [2.24, 2.45) is 0 Å². The van der Waals surface area contributed by atoms with E-state index < -0.39 is 0 Å². The van der Waals surface area contributed by atoms with E-state index in [1.54, 1.807) is 10.8 Å². The van der Waals surface area contributed by atoms with Crippen molar-refractivity contribution >= 4 is 11.7 Å². The van der Waals surface area contributed by atoms with Crippen LogP contribution in [-0.4, -0.2) is 31.8 Å². The van der Waals surface area contributed by atoms with Gasteiger partial charge in [0.15, 0.2) is 7.05 Å². The van der Waals surface area contributed by atoms with Crippen molar-refractivity contribution in [2.75, 3.05) is 7.05 Å². The summed E-state index contributed by atoms with van der Waals surface area (Å²) in [6, 6.07) is 68.8. The molecule has 9 rings (SSSR count). The van der Waals surface area contributed by atoms with Gasteiger partial charge in [-0.15, -0.1) is 48.0 Å². The molecule has 0 spiro atoms. The first kappa shape index (κ1) is 42.0. The quantitative estimate of drug-likeness (QED) is 0.0822. The fourth-order valence-corrected chi connectivity index (χ4v) is 6.08. The monoisotopic (exact) mass is 1120 g/mol. The minimum Gasteiger partial charge on any atom is -0.669 e. The predicted molar refractivity (Wildman–Crippen MR) is 220 cm³/mol. The molecule has 59 heavy (non-hydrogen) atoms. The van der Waals surface area contributed by atoms with Crippen molar-refractivity contribution in [3.8, 4) is 73.7 Å².